The molecule has 2 heteroatoms. The topological polar surface area (TPSA) is 18.5 Å². The Morgan fingerprint density at radius 2 is 1.07 bits per heavy atom. The van der Waals surface area contributed by atoms with Crippen molar-refractivity contribution >= 4 is 0 Å². The fraction of sp³-hybridized carbons (Fsp3) is 0.360. The van der Waals surface area contributed by atoms with Crippen molar-refractivity contribution in [2.45, 2.75) is 32.1 Å². The molecule has 0 saturated heterocycles. The molecule has 2 bridgehead atoms. The van der Waals surface area contributed by atoms with Crippen molar-refractivity contribution in [3.8, 4) is 11.5 Å². The van der Waals surface area contributed by atoms with Crippen LogP contribution in [0, 0.1) is 11.8 Å². The van der Waals surface area contributed by atoms with Crippen LogP contribution in [0.15, 0.2) is 71.8 Å². The molecule has 0 N–H and O–H groups in total. The molecule has 2 aliphatic rings. The molecule has 2 aromatic rings. The average molecular weight is 360 g/mol. The van der Waals surface area contributed by atoms with Crippen LogP contribution in [-0.4, -0.2) is 14.2 Å². The zero-order chi connectivity index (χ0) is 18.6. The monoisotopic (exact) mass is 360 g/mol. The van der Waals surface area contributed by atoms with Gasteiger partial charge in [0.2, 0.25) is 0 Å². The van der Waals surface area contributed by atoms with Crippen LogP contribution in [0.1, 0.15) is 30.4 Å². The predicted octanol–water partition coefficient (Wildman–Crippen LogP) is 5.77. The van der Waals surface area contributed by atoms with Gasteiger partial charge in [-0.2, -0.15) is 0 Å². The van der Waals surface area contributed by atoms with Crippen LogP contribution < -0.4 is 9.47 Å². The Hall–Kier alpha value is -2.48. The standard InChI is InChI=1S/C25H28O2/c1-26-24-7-3-18(4-8-24)11-20-13-22-15-21(16-23(14-20)17-22)12-19-5-9-25(27-2)10-6-19/h3-10,13,16,22-23H,11-12,14-15,17H2,1-2H3/t22-,23+/m0/s1. The van der Waals surface area contributed by atoms with Gasteiger partial charge in [-0.15, -0.1) is 0 Å². The molecule has 27 heavy (non-hydrogen) atoms. The minimum absolute atomic E-state index is 0.704. The van der Waals surface area contributed by atoms with Crippen molar-refractivity contribution in [1.29, 1.82) is 0 Å². The highest BCUT2D eigenvalue weighted by Crippen LogP contribution is 2.39. The van der Waals surface area contributed by atoms with Crippen molar-refractivity contribution in [2.75, 3.05) is 14.2 Å². The summed E-state index contributed by atoms with van der Waals surface area (Å²) in [6.07, 6.45) is 11.0. The van der Waals surface area contributed by atoms with E-state index in [0.29, 0.717) is 11.8 Å². The SMILES string of the molecule is COc1ccc(CC2=C[C@H]3CC(Cc4ccc(OC)cc4)=C[C@@H](C2)C3)cc1. The molecule has 0 unspecified atom stereocenters. The van der Waals surface area contributed by atoms with Crippen molar-refractivity contribution in [3.05, 3.63) is 83.0 Å². The number of fused-ring (bicyclic) bond motifs is 2. The molecular weight excluding hydrogens is 332 g/mol. The van der Waals surface area contributed by atoms with Gasteiger partial charge in [0.25, 0.3) is 0 Å². The maximum atomic E-state index is 5.26. The number of hydrogen-bond donors (Lipinski definition) is 0. The quantitative estimate of drug-likeness (QED) is 0.609. The third-order valence-corrected chi connectivity index (χ3v) is 5.78. The van der Waals surface area contributed by atoms with Crippen molar-refractivity contribution < 1.29 is 9.47 Å². The molecule has 0 amide bonds. The van der Waals surface area contributed by atoms with Crippen LogP contribution in [0.2, 0.25) is 0 Å². The number of hydrogen-bond acceptors (Lipinski definition) is 2. The summed E-state index contributed by atoms with van der Waals surface area (Å²) in [4.78, 5) is 0. The molecule has 0 heterocycles. The number of ether oxygens (including phenoxy) is 2. The maximum absolute atomic E-state index is 5.26. The summed E-state index contributed by atoms with van der Waals surface area (Å²) in [7, 11) is 3.44. The lowest BCUT2D eigenvalue weighted by Crippen LogP contribution is -2.20. The Morgan fingerprint density at radius 3 is 1.44 bits per heavy atom. The first kappa shape index (κ1) is 17.9. The lowest BCUT2D eigenvalue weighted by Gasteiger charge is -2.33. The lowest BCUT2D eigenvalue weighted by molar-refractivity contribution is 0.411. The van der Waals surface area contributed by atoms with E-state index in [1.807, 2.05) is 0 Å². The van der Waals surface area contributed by atoms with E-state index < -0.39 is 0 Å². The molecule has 0 aromatic heterocycles. The summed E-state index contributed by atoms with van der Waals surface area (Å²) >= 11 is 0. The highest BCUT2D eigenvalue weighted by atomic mass is 16.5. The summed E-state index contributed by atoms with van der Waals surface area (Å²) in [5, 5.41) is 0. The van der Waals surface area contributed by atoms with Gasteiger partial charge >= 0.3 is 0 Å². The van der Waals surface area contributed by atoms with Crippen LogP contribution in [0.3, 0.4) is 0 Å². The Kier molecular flexibility index (Phi) is 5.33. The van der Waals surface area contributed by atoms with Gasteiger partial charge < -0.3 is 9.47 Å². The number of benzene rings is 2. The highest BCUT2D eigenvalue weighted by molar-refractivity contribution is 5.34. The minimum atomic E-state index is 0.704. The van der Waals surface area contributed by atoms with E-state index in [1.54, 1.807) is 25.4 Å². The van der Waals surface area contributed by atoms with E-state index >= 15 is 0 Å². The Labute approximate surface area is 162 Å². The summed E-state index contributed by atoms with van der Waals surface area (Å²) in [5.74, 6) is 3.27. The van der Waals surface area contributed by atoms with E-state index in [1.165, 1.54) is 30.4 Å². The molecule has 4 rings (SSSR count). The Balaban J connectivity index is 1.39. The normalized spacial score (nSPS) is 21.3. The second kappa shape index (κ2) is 8.04. The molecule has 0 fully saturated rings. The van der Waals surface area contributed by atoms with Crippen LogP contribution >= 0.6 is 0 Å². The van der Waals surface area contributed by atoms with Gasteiger partial charge in [0.15, 0.2) is 0 Å². The molecule has 140 valence electrons. The van der Waals surface area contributed by atoms with E-state index in [9.17, 15) is 0 Å². The van der Waals surface area contributed by atoms with Gasteiger partial charge in [-0.1, -0.05) is 47.6 Å². The molecular formula is C25H28O2. The van der Waals surface area contributed by atoms with E-state index in [0.717, 1.165) is 24.3 Å². The number of methoxy groups -OCH3 is 2. The molecule has 2 atom stereocenters. The average Bonchev–Trinajstić information content (AvgIpc) is 2.68. The first-order valence-corrected chi connectivity index (χ1v) is 9.87. The molecule has 0 saturated carbocycles. The van der Waals surface area contributed by atoms with Gasteiger partial charge in [-0.05, 0) is 79.3 Å². The summed E-state index contributed by atoms with van der Waals surface area (Å²) in [6.45, 7) is 0. The summed E-state index contributed by atoms with van der Waals surface area (Å²) in [5.41, 5.74) is 5.95. The molecule has 0 spiro atoms. The highest BCUT2D eigenvalue weighted by Gasteiger charge is 2.26. The zero-order valence-electron chi connectivity index (χ0n) is 16.3. The summed E-state index contributed by atoms with van der Waals surface area (Å²) in [6, 6.07) is 17.0. The Bertz CT molecular complexity index is 756. The van der Waals surface area contributed by atoms with Gasteiger partial charge in [-0.25, -0.2) is 0 Å². The fourth-order valence-electron chi connectivity index (χ4n) is 4.56. The van der Waals surface area contributed by atoms with Gasteiger partial charge in [0, 0.05) is 0 Å². The van der Waals surface area contributed by atoms with E-state index in [4.69, 9.17) is 9.47 Å². The van der Waals surface area contributed by atoms with Crippen molar-refractivity contribution in [1.82, 2.24) is 0 Å². The summed E-state index contributed by atoms with van der Waals surface area (Å²) < 4.78 is 10.5. The first-order valence-electron chi connectivity index (χ1n) is 9.87. The molecule has 2 aliphatic carbocycles. The van der Waals surface area contributed by atoms with Crippen LogP contribution in [0.4, 0.5) is 0 Å². The minimum Gasteiger partial charge on any atom is -0.497 e. The third-order valence-electron chi connectivity index (χ3n) is 5.78. The van der Waals surface area contributed by atoms with Crippen LogP contribution in [0.25, 0.3) is 0 Å². The smallest absolute Gasteiger partial charge is 0.118 e. The van der Waals surface area contributed by atoms with Gasteiger partial charge in [0.1, 0.15) is 11.5 Å². The first-order chi connectivity index (χ1) is 13.2. The zero-order valence-corrected chi connectivity index (χ0v) is 16.3. The van der Waals surface area contributed by atoms with Gasteiger partial charge in [0.05, 0.1) is 14.2 Å². The molecule has 2 aromatic carbocycles. The maximum Gasteiger partial charge on any atom is 0.118 e. The second-order valence-corrected chi connectivity index (χ2v) is 7.86. The van der Waals surface area contributed by atoms with Crippen molar-refractivity contribution in [3.63, 3.8) is 0 Å². The number of allylic oxidation sites excluding steroid dienone is 4. The predicted molar refractivity (Wildman–Crippen MR) is 110 cm³/mol. The van der Waals surface area contributed by atoms with Crippen molar-refractivity contribution in [2.24, 2.45) is 11.8 Å². The molecule has 0 radical (unpaired) electrons. The second-order valence-electron chi connectivity index (χ2n) is 7.86. The van der Waals surface area contributed by atoms with E-state index in [-0.39, 0.29) is 0 Å². The Morgan fingerprint density at radius 1 is 0.667 bits per heavy atom. The number of rotatable bonds is 6. The molecule has 2 nitrogen and oxygen atoms in total. The lowest BCUT2D eigenvalue weighted by atomic mass is 9.72. The third kappa shape index (κ3) is 4.44. The van der Waals surface area contributed by atoms with E-state index in [2.05, 4.69) is 60.7 Å². The van der Waals surface area contributed by atoms with Crippen LogP contribution in [-0.2, 0) is 12.8 Å². The van der Waals surface area contributed by atoms with Gasteiger partial charge in [-0.3, -0.25) is 0 Å². The van der Waals surface area contributed by atoms with Crippen LogP contribution in [0.5, 0.6) is 11.5 Å². The largest absolute Gasteiger partial charge is 0.497 e. The molecule has 0 aliphatic heterocycles. The fourth-order valence-corrected chi connectivity index (χ4v) is 4.56.